The summed E-state index contributed by atoms with van der Waals surface area (Å²) in [6, 6.07) is 12.4. The molecule has 6 heteroatoms. The van der Waals surface area contributed by atoms with E-state index in [2.05, 4.69) is 47.7 Å². The maximum absolute atomic E-state index is 5.44. The highest BCUT2D eigenvalue weighted by atomic mass is 127. The third-order valence-electron chi connectivity index (χ3n) is 4.15. The second-order valence-corrected chi connectivity index (χ2v) is 6.28. The maximum atomic E-state index is 5.44. The third-order valence-corrected chi connectivity index (χ3v) is 4.15. The van der Waals surface area contributed by atoms with Gasteiger partial charge in [0, 0.05) is 20.1 Å². The number of nitrogens with zero attached hydrogens (tertiary/aromatic N) is 1. The van der Waals surface area contributed by atoms with Crippen molar-refractivity contribution < 1.29 is 9.47 Å². The zero-order valence-corrected chi connectivity index (χ0v) is 19.1. The molecule has 148 valence electrons. The first-order valence-corrected chi connectivity index (χ1v) is 8.78. The van der Waals surface area contributed by atoms with Gasteiger partial charge < -0.3 is 20.1 Å². The van der Waals surface area contributed by atoms with Crippen LogP contribution in [0.5, 0.6) is 11.5 Å². The summed E-state index contributed by atoms with van der Waals surface area (Å²) < 4.78 is 10.8. The molecule has 2 aromatic carbocycles. The van der Waals surface area contributed by atoms with Crippen LogP contribution in [-0.4, -0.2) is 33.8 Å². The van der Waals surface area contributed by atoms with Crippen molar-refractivity contribution in [2.24, 2.45) is 4.99 Å². The number of methoxy groups -OCH3 is 2. The van der Waals surface area contributed by atoms with Crippen LogP contribution in [0.2, 0.25) is 0 Å². The van der Waals surface area contributed by atoms with Crippen molar-refractivity contribution in [3.05, 3.63) is 58.7 Å². The van der Waals surface area contributed by atoms with Crippen LogP contribution in [0.1, 0.15) is 22.3 Å². The van der Waals surface area contributed by atoms with Crippen molar-refractivity contribution in [3.8, 4) is 11.5 Å². The quantitative estimate of drug-likeness (QED) is 0.357. The SMILES string of the molecule is CN=C(NCCc1cc(C)ccc1OC)NCc1cc(C)cc(OC)c1.I. The molecule has 5 nitrogen and oxygen atoms in total. The Morgan fingerprint density at radius 2 is 1.74 bits per heavy atom. The number of nitrogens with one attached hydrogen (secondary N) is 2. The smallest absolute Gasteiger partial charge is 0.191 e. The Morgan fingerprint density at radius 3 is 2.41 bits per heavy atom. The number of guanidine groups is 1. The first-order chi connectivity index (χ1) is 12.5. The van der Waals surface area contributed by atoms with Gasteiger partial charge in [-0.1, -0.05) is 23.8 Å². The van der Waals surface area contributed by atoms with Gasteiger partial charge in [0.15, 0.2) is 5.96 Å². The van der Waals surface area contributed by atoms with Crippen LogP contribution >= 0.6 is 24.0 Å². The minimum atomic E-state index is 0. The van der Waals surface area contributed by atoms with Crippen LogP contribution in [0, 0.1) is 13.8 Å². The molecular formula is C21H30IN3O2. The van der Waals surface area contributed by atoms with Crippen LogP contribution in [0.3, 0.4) is 0 Å². The van der Waals surface area contributed by atoms with Crippen molar-refractivity contribution in [2.75, 3.05) is 27.8 Å². The molecule has 2 aromatic rings. The molecule has 27 heavy (non-hydrogen) atoms. The standard InChI is InChI=1S/C21H29N3O2.HI/c1-15-6-7-20(26-5)18(11-15)8-9-23-21(22-3)24-14-17-10-16(2)12-19(13-17)25-4;/h6-7,10-13H,8-9,14H2,1-5H3,(H2,22,23,24);1H. The average molecular weight is 483 g/mol. The fourth-order valence-electron chi connectivity index (χ4n) is 2.87. The summed E-state index contributed by atoms with van der Waals surface area (Å²) in [5.41, 5.74) is 4.76. The topological polar surface area (TPSA) is 54.9 Å². The van der Waals surface area contributed by atoms with Gasteiger partial charge in [0.25, 0.3) is 0 Å². The molecule has 0 spiro atoms. The van der Waals surface area contributed by atoms with Crippen LogP contribution in [0.4, 0.5) is 0 Å². The van der Waals surface area contributed by atoms with E-state index in [0.29, 0.717) is 6.54 Å². The van der Waals surface area contributed by atoms with Crippen molar-refractivity contribution >= 4 is 29.9 Å². The lowest BCUT2D eigenvalue weighted by molar-refractivity contribution is 0.409. The van der Waals surface area contributed by atoms with E-state index in [1.807, 2.05) is 18.2 Å². The lowest BCUT2D eigenvalue weighted by Crippen LogP contribution is -2.37. The van der Waals surface area contributed by atoms with Gasteiger partial charge in [0.1, 0.15) is 11.5 Å². The molecule has 0 saturated heterocycles. The van der Waals surface area contributed by atoms with Gasteiger partial charge in [-0.3, -0.25) is 4.99 Å². The fraction of sp³-hybridized carbons (Fsp3) is 0.381. The number of benzene rings is 2. The first kappa shape index (κ1) is 23.1. The molecule has 0 amide bonds. The second kappa shape index (κ2) is 11.7. The number of rotatable bonds is 7. The summed E-state index contributed by atoms with van der Waals surface area (Å²) in [5.74, 6) is 2.57. The Balaban J connectivity index is 0.00000364. The molecule has 0 aliphatic heterocycles. The first-order valence-electron chi connectivity index (χ1n) is 8.78. The summed E-state index contributed by atoms with van der Waals surface area (Å²) >= 11 is 0. The van der Waals surface area contributed by atoms with E-state index in [1.165, 1.54) is 16.7 Å². The minimum Gasteiger partial charge on any atom is -0.497 e. The van der Waals surface area contributed by atoms with Crippen molar-refractivity contribution in [2.45, 2.75) is 26.8 Å². The summed E-state index contributed by atoms with van der Waals surface area (Å²) in [5, 5.41) is 6.70. The monoisotopic (exact) mass is 483 g/mol. The van der Waals surface area contributed by atoms with Gasteiger partial charge in [0.05, 0.1) is 14.2 Å². The fourth-order valence-corrected chi connectivity index (χ4v) is 2.87. The van der Waals surface area contributed by atoms with E-state index in [-0.39, 0.29) is 24.0 Å². The van der Waals surface area contributed by atoms with Gasteiger partial charge in [-0.15, -0.1) is 24.0 Å². The molecule has 0 radical (unpaired) electrons. The maximum Gasteiger partial charge on any atom is 0.191 e. The summed E-state index contributed by atoms with van der Waals surface area (Å²) in [7, 11) is 5.17. The largest absolute Gasteiger partial charge is 0.497 e. The predicted molar refractivity (Wildman–Crippen MR) is 123 cm³/mol. The molecule has 2 rings (SSSR count). The molecule has 0 aromatic heterocycles. The lowest BCUT2D eigenvalue weighted by atomic mass is 10.1. The molecule has 0 bridgehead atoms. The van der Waals surface area contributed by atoms with E-state index < -0.39 is 0 Å². The molecule has 0 saturated carbocycles. The summed E-state index contributed by atoms with van der Waals surface area (Å²) in [4.78, 5) is 4.29. The van der Waals surface area contributed by atoms with E-state index in [1.54, 1.807) is 21.3 Å². The van der Waals surface area contributed by atoms with Gasteiger partial charge in [0.2, 0.25) is 0 Å². The van der Waals surface area contributed by atoms with Crippen molar-refractivity contribution in [3.63, 3.8) is 0 Å². The van der Waals surface area contributed by atoms with Gasteiger partial charge >= 0.3 is 0 Å². The molecule has 2 N–H and O–H groups in total. The Labute approximate surface area is 179 Å². The number of aryl methyl sites for hydroxylation is 2. The van der Waals surface area contributed by atoms with Gasteiger partial charge in [-0.05, 0) is 55.2 Å². The average Bonchev–Trinajstić information content (AvgIpc) is 2.64. The number of hydrogen-bond acceptors (Lipinski definition) is 3. The Kier molecular flexibility index (Phi) is 9.99. The van der Waals surface area contributed by atoms with Gasteiger partial charge in [-0.25, -0.2) is 0 Å². The molecule has 0 aliphatic carbocycles. The molecular weight excluding hydrogens is 453 g/mol. The van der Waals surface area contributed by atoms with E-state index in [0.717, 1.165) is 36.0 Å². The number of hydrogen-bond donors (Lipinski definition) is 2. The molecule has 0 heterocycles. The van der Waals surface area contributed by atoms with Crippen molar-refractivity contribution in [1.29, 1.82) is 0 Å². The van der Waals surface area contributed by atoms with Gasteiger partial charge in [-0.2, -0.15) is 0 Å². The molecule has 0 aliphatic rings. The van der Waals surface area contributed by atoms with Crippen LogP contribution < -0.4 is 20.1 Å². The van der Waals surface area contributed by atoms with E-state index in [9.17, 15) is 0 Å². The molecule has 0 fully saturated rings. The predicted octanol–water partition coefficient (Wildman–Crippen LogP) is 3.85. The second-order valence-electron chi connectivity index (χ2n) is 6.28. The summed E-state index contributed by atoms with van der Waals surface area (Å²) in [6.07, 6.45) is 0.865. The minimum absolute atomic E-state index is 0. The highest BCUT2D eigenvalue weighted by molar-refractivity contribution is 14.0. The highest BCUT2D eigenvalue weighted by Gasteiger charge is 2.05. The van der Waals surface area contributed by atoms with E-state index >= 15 is 0 Å². The van der Waals surface area contributed by atoms with Crippen molar-refractivity contribution in [1.82, 2.24) is 10.6 Å². The highest BCUT2D eigenvalue weighted by Crippen LogP contribution is 2.19. The zero-order chi connectivity index (χ0) is 18.9. The lowest BCUT2D eigenvalue weighted by Gasteiger charge is -2.14. The van der Waals surface area contributed by atoms with Crippen LogP contribution in [0.25, 0.3) is 0 Å². The molecule has 0 atom stereocenters. The van der Waals surface area contributed by atoms with E-state index in [4.69, 9.17) is 9.47 Å². The zero-order valence-electron chi connectivity index (χ0n) is 16.8. The summed E-state index contributed by atoms with van der Waals surface area (Å²) in [6.45, 7) is 5.61. The molecule has 0 unspecified atom stereocenters. The third kappa shape index (κ3) is 7.28. The van der Waals surface area contributed by atoms with Crippen LogP contribution in [0.15, 0.2) is 41.4 Å². The Bertz CT molecular complexity index is 763. The Hall–Kier alpha value is -1.96. The number of halogens is 1. The number of aliphatic imine (C=N–C) groups is 1. The Morgan fingerprint density at radius 1 is 0.963 bits per heavy atom. The van der Waals surface area contributed by atoms with Crippen LogP contribution in [-0.2, 0) is 13.0 Å². The normalized spacial score (nSPS) is 10.8. The number of ether oxygens (including phenoxy) is 2.